The smallest absolute Gasteiger partial charge is 0.201 e. The maximum absolute atomic E-state index is 15.1. The molecule has 0 unspecified atom stereocenters. The third-order valence-corrected chi connectivity index (χ3v) is 6.89. The van der Waals surface area contributed by atoms with Crippen LogP contribution in [0, 0.1) is 34.9 Å². The van der Waals surface area contributed by atoms with Gasteiger partial charge in [0, 0.05) is 11.1 Å². The Kier molecular flexibility index (Phi) is 8.35. The monoisotopic (exact) mass is 522 g/mol. The first kappa shape index (κ1) is 26.9. The molecule has 1 saturated carbocycles. The van der Waals surface area contributed by atoms with Gasteiger partial charge in [-0.3, -0.25) is 0 Å². The molecule has 0 atom stereocenters. The molecule has 4 rings (SSSR count). The Balaban J connectivity index is 1.51. The highest BCUT2D eigenvalue weighted by Gasteiger charge is 2.30. The van der Waals surface area contributed by atoms with Crippen LogP contribution in [-0.4, -0.2) is 13.2 Å². The predicted molar refractivity (Wildman–Crippen MR) is 129 cm³/mol. The van der Waals surface area contributed by atoms with Crippen molar-refractivity contribution in [3.63, 3.8) is 0 Å². The third kappa shape index (κ3) is 5.29. The lowest BCUT2D eigenvalue weighted by Gasteiger charge is -2.30. The molecule has 0 spiro atoms. The van der Waals surface area contributed by atoms with Crippen LogP contribution >= 0.6 is 0 Å². The normalized spacial score (nSPS) is 17.6. The lowest BCUT2D eigenvalue weighted by atomic mass is 9.75. The standard InChI is InChI=1S/C29H28F6O2/c1-3-15-37-23-13-11-19(25(31)29(23)35)17-7-5-16(6-8-17)18-9-10-20(26(32)24(18)30)21-12-14-22(36-4-2)28(34)27(21)33/h9-14,16-17H,3-8,15H2,1-2H3. The van der Waals surface area contributed by atoms with Gasteiger partial charge >= 0.3 is 0 Å². The van der Waals surface area contributed by atoms with E-state index < -0.39 is 46.0 Å². The Morgan fingerprint density at radius 3 is 1.57 bits per heavy atom. The Labute approximate surface area is 212 Å². The van der Waals surface area contributed by atoms with Crippen molar-refractivity contribution in [2.75, 3.05) is 13.2 Å². The molecule has 0 radical (unpaired) electrons. The first-order chi connectivity index (χ1) is 17.8. The quantitative estimate of drug-likeness (QED) is 0.275. The van der Waals surface area contributed by atoms with Crippen molar-refractivity contribution in [2.45, 2.75) is 57.8 Å². The highest BCUT2D eigenvalue weighted by atomic mass is 19.2. The van der Waals surface area contributed by atoms with Crippen molar-refractivity contribution in [2.24, 2.45) is 0 Å². The van der Waals surface area contributed by atoms with Crippen molar-refractivity contribution in [3.8, 4) is 22.6 Å². The van der Waals surface area contributed by atoms with Gasteiger partial charge in [-0.15, -0.1) is 0 Å². The topological polar surface area (TPSA) is 18.5 Å². The largest absolute Gasteiger partial charge is 0.491 e. The number of halogens is 6. The average Bonchev–Trinajstić information content (AvgIpc) is 2.90. The van der Waals surface area contributed by atoms with Gasteiger partial charge in [-0.05, 0) is 80.2 Å². The summed E-state index contributed by atoms with van der Waals surface area (Å²) in [5, 5.41) is 0. The second-order valence-electron chi connectivity index (χ2n) is 9.18. The maximum atomic E-state index is 15.1. The lowest BCUT2D eigenvalue weighted by molar-refractivity contribution is 0.293. The SMILES string of the molecule is CCCOc1ccc(C2CCC(c3ccc(-c4ccc(OCC)c(F)c4F)c(F)c3F)CC2)c(F)c1F. The van der Waals surface area contributed by atoms with Gasteiger partial charge in [-0.1, -0.05) is 25.1 Å². The molecule has 1 fully saturated rings. The number of hydrogen-bond donors (Lipinski definition) is 0. The van der Waals surface area contributed by atoms with Crippen molar-refractivity contribution in [1.29, 1.82) is 0 Å². The molecule has 0 heterocycles. The molecular weight excluding hydrogens is 494 g/mol. The molecule has 1 aliphatic rings. The van der Waals surface area contributed by atoms with E-state index in [1.54, 1.807) is 6.92 Å². The lowest BCUT2D eigenvalue weighted by Crippen LogP contribution is -2.15. The van der Waals surface area contributed by atoms with Gasteiger partial charge in [0.05, 0.1) is 13.2 Å². The molecule has 37 heavy (non-hydrogen) atoms. The van der Waals surface area contributed by atoms with Crippen LogP contribution in [0.5, 0.6) is 11.5 Å². The minimum Gasteiger partial charge on any atom is -0.491 e. The van der Waals surface area contributed by atoms with E-state index in [9.17, 15) is 17.6 Å². The van der Waals surface area contributed by atoms with E-state index in [1.807, 2.05) is 6.92 Å². The van der Waals surface area contributed by atoms with Crippen molar-refractivity contribution < 1.29 is 35.8 Å². The van der Waals surface area contributed by atoms with E-state index in [0.29, 0.717) is 32.1 Å². The highest BCUT2D eigenvalue weighted by molar-refractivity contribution is 5.66. The minimum absolute atomic E-state index is 0.121. The fraction of sp³-hybridized carbons (Fsp3) is 0.379. The molecule has 198 valence electrons. The molecular formula is C29H28F6O2. The molecule has 0 aromatic heterocycles. The summed E-state index contributed by atoms with van der Waals surface area (Å²) in [6, 6.07) is 7.89. The van der Waals surface area contributed by atoms with Gasteiger partial charge in [0.1, 0.15) is 0 Å². The molecule has 2 nitrogen and oxygen atoms in total. The Hall–Kier alpha value is -3.16. The molecule has 1 aliphatic carbocycles. The van der Waals surface area contributed by atoms with E-state index in [-0.39, 0.29) is 47.7 Å². The zero-order valence-corrected chi connectivity index (χ0v) is 20.7. The van der Waals surface area contributed by atoms with Gasteiger partial charge in [-0.25, -0.2) is 17.6 Å². The van der Waals surface area contributed by atoms with Crippen LogP contribution in [0.1, 0.15) is 68.9 Å². The molecule has 0 N–H and O–H groups in total. The van der Waals surface area contributed by atoms with E-state index >= 15 is 8.78 Å². The van der Waals surface area contributed by atoms with E-state index in [2.05, 4.69) is 0 Å². The van der Waals surface area contributed by atoms with Crippen LogP contribution in [-0.2, 0) is 0 Å². The summed E-state index contributed by atoms with van der Waals surface area (Å²) < 4.78 is 98.4. The second-order valence-corrected chi connectivity index (χ2v) is 9.18. The zero-order valence-electron chi connectivity index (χ0n) is 20.7. The van der Waals surface area contributed by atoms with Gasteiger partial charge in [0.15, 0.2) is 34.8 Å². The molecule has 0 saturated heterocycles. The summed E-state index contributed by atoms with van der Waals surface area (Å²) in [6.45, 7) is 3.87. The van der Waals surface area contributed by atoms with E-state index in [4.69, 9.17) is 9.47 Å². The first-order valence-electron chi connectivity index (χ1n) is 12.5. The molecule has 0 aliphatic heterocycles. The summed E-state index contributed by atoms with van der Waals surface area (Å²) in [6.07, 6.45) is 2.44. The zero-order chi connectivity index (χ0) is 26.7. The molecule has 3 aromatic rings. The molecule has 3 aromatic carbocycles. The second kappa shape index (κ2) is 11.5. The van der Waals surface area contributed by atoms with Crippen LogP contribution in [0.25, 0.3) is 11.1 Å². The first-order valence-corrected chi connectivity index (χ1v) is 12.5. The van der Waals surface area contributed by atoms with Crippen LogP contribution in [0.3, 0.4) is 0 Å². The van der Waals surface area contributed by atoms with Crippen LogP contribution in [0.4, 0.5) is 26.3 Å². The van der Waals surface area contributed by atoms with Gasteiger partial charge in [-0.2, -0.15) is 8.78 Å². The Morgan fingerprint density at radius 2 is 1.00 bits per heavy atom. The molecule has 8 heteroatoms. The molecule has 0 bridgehead atoms. The number of rotatable bonds is 8. The fourth-order valence-electron chi connectivity index (χ4n) is 5.00. The van der Waals surface area contributed by atoms with Crippen molar-refractivity contribution in [3.05, 3.63) is 82.4 Å². The van der Waals surface area contributed by atoms with E-state index in [0.717, 1.165) is 6.07 Å². The molecule has 0 amide bonds. The van der Waals surface area contributed by atoms with E-state index in [1.165, 1.54) is 30.3 Å². The summed E-state index contributed by atoms with van der Waals surface area (Å²) in [7, 11) is 0. The summed E-state index contributed by atoms with van der Waals surface area (Å²) in [5.74, 6) is -7.98. The summed E-state index contributed by atoms with van der Waals surface area (Å²) in [4.78, 5) is 0. The van der Waals surface area contributed by atoms with Crippen molar-refractivity contribution in [1.82, 2.24) is 0 Å². The number of hydrogen-bond acceptors (Lipinski definition) is 2. The van der Waals surface area contributed by atoms with Crippen molar-refractivity contribution >= 4 is 0 Å². The van der Waals surface area contributed by atoms with Gasteiger partial charge in [0.25, 0.3) is 0 Å². The number of benzene rings is 3. The maximum Gasteiger partial charge on any atom is 0.201 e. The van der Waals surface area contributed by atoms with Gasteiger partial charge in [0.2, 0.25) is 11.6 Å². The average molecular weight is 523 g/mol. The third-order valence-electron chi connectivity index (χ3n) is 6.89. The fourth-order valence-corrected chi connectivity index (χ4v) is 5.00. The summed E-state index contributed by atoms with van der Waals surface area (Å²) >= 11 is 0. The predicted octanol–water partition coefficient (Wildman–Crippen LogP) is 8.82. The highest BCUT2D eigenvalue weighted by Crippen LogP contribution is 2.44. The Bertz CT molecular complexity index is 1270. The van der Waals surface area contributed by atoms with Gasteiger partial charge < -0.3 is 9.47 Å². The van der Waals surface area contributed by atoms with Crippen LogP contribution in [0.15, 0.2) is 36.4 Å². The van der Waals surface area contributed by atoms with Crippen LogP contribution in [0.2, 0.25) is 0 Å². The Morgan fingerprint density at radius 1 is 0.568 bits per heavy atom. The number of ether oxygens (including phenoxy) is 2. The minimum atomic E-state index is -1.32. The van der Waals surface area contributed by atoms with Crippen LogP contribution < -0.4 is 9.47 Å². The summed E-state index contributed by atoms with van der Waals surface area (Å²) in [5.41, 5.74) is -0.426.